The minimum atomic E-state index is -0.657. The Labute approximate surface area is 128 Å². The minimum Gasteiger partial charge on any atom is -0.391 e. The number of hydrogen-bond donors (Lipinski definition) is 3. The lowest BCUT2D eigenvalue weighted by atomic mass is 9.89. The molecular weight excluding hydrogens is 287 g/mol. The molecule has 0 saturated heterocycles. The lowest BCUT2D eigenvalue weighted by Crippen LogP contribution is -2.39. The molecule has 0 fully saturated rings. The number of aliphatic hydroxyl groups excluding tert-OH is 1. The van der Waals surface area contributed by atoms with Gasteiger partial charge in [-0.3, -0.25) is 9.59 Å². The summed E-state index contributed by atoms with van der Waals surface area (Å²) in [6.07, 6.45) is -0.00752. The Morgan fingerprint density at radius 2 is 2.23 bits per heavy atom. The molecule has 0 spiro atoms. The monoisotopic (exact) mass is 308 g/mol. The number of benzene rings is 1. The number of amides is 2. The van der Waals surface area contributed by atoms with Gasteiger partial charge in [-0.05, 0) is 30.0 Å². The van der Waals surface area contributed by atoms with Gasteiger partial charge in [0.2, 0.25) is 11.8 Å². The van der Waals surface area contributed by atoms with E-state index in [-0.39, 0.29) is 24.8 Å². The van der Waals surface area contributed by atoms with Crippen molar-refractivity contribution < 1.29 is 19.1 Å². The van der Waals surface area contributed by atoms with E-state index in [4.69, 9.17) is 0 Å². The molecule has 2 amide bonds. The zero-order valence-electron chi connectivity index (χ0n) is 12.7. The Hall–Kier alpha value is -1.95. The van der Waals surface area contributed by atoms with Gasteiger partial charge in [0.1, 0.15) is 5.82 Å². The van der Waals surface area contributed by atoms with Gasteiger partial charge in [-0.15, -0.1) is 0 Å². The zero-order chi connectivity index (χ0) is 16.3. The average Bonchev–Trinajstić information content (AvgIpc) is 2.42. The Morgan fingerprint density at radius 3 is 2.91 bits per heavy atom. The molecule has 120 valence electrons. The van der Waals surface area contributed by atoms with Gasteiger partial charge < -0.3 is 15.7 Å². The van der Waals surface area contributed by atoms with Gasteiger partial charge in [-0.2, -0.15) is 0 Å². The molecule has 0 aliphatic carbocycles. The summed E-state index contributed by atoms with van der Waals surface area (Å²) in [6.45, 7) is 4.12. The van der Waals surface area contributed by atoms with Crippen LogP contribution in [0.5, 0.6) is 0 Å². The van der Waals surface area contributed by atoms with Crippen molar-refractivity contribution in [3.8, 4) is 0 Å². The third kappa shape index (κ3) is 4.04. The fraction of sp³-hybridized carbons (Fsp3) is 0.500. The summed E-state index contributed by atoms with van der Waals surface area (Å²) >= 11 is 0. The van der Waals surface area contributed by atoms with E-state index in [9.17, 15) is 19.1 Å². The fourth-order valence-corrected chi connectivity index (χ4v) is 2.64. The molecule has 2 rings (SSSR count). The van der Waals surface area contributed by atoms with E-state index in [2.05, 4.69) is 10.6 Å². The smallest absolute Gasteiger partial charge is 0.228 e. The molecule has 22 heavy (non-hydrogen) atoms. The SMILES string of the molecule is CC(C)CC(O)CNC(=O)C1CC(=O)Nc2cc(F)ccc21. The van der Waals surface area contributed by atoms with Gasteiger partial charge >= 0.3 is 0 Å². The number of hydrogen-bond acceptors (Lipinski definition) is 3. The predicted octanol–water partition coefficient (Wildman–Crippen LogP) is 1.77. The molecule has 3 N–H and O–H groups in total. The molecule has 0 saturated carbocycles. The normalized spacial score (nSPS) is 18.6. The molecule has 2 atom stereocenters. The van der Waals surface area contributed by atoms with E-state index in [0.29, 0.717) is 23.6 Å². The quantitative estimate of drug-likeness (QED) is 0.776. The molecule has 0 radical (unpaired) electrons. The number of nitrogens with one attached hydrogen (secondary N) is 2. The second-order valence-corrected chi connectivity index (χ2v) is 6.06. The molecule has 0 bridgehead atoms. The Morgan fingerprint density at radius 1 is 1.50 bits per heavy atom. The number of carbonyl (C=O) groups is 2. The van der Waals surface area contributed by atoms with Crippen molar-refractivity contribution in [1.82, 2.24) is 5.32 Å². The summed E-state index contributed by atoms with van der Waals surface area (Å²) < 4.78 is 13.2. The number of carbonyl (C=O) groups excluding carboxylic acids is 2. The minimum absolute atomic E-state index is 0.0186. The van der Waals surface area contributed by atoms with Crippen LogP contribution in [0, 0.1) is 11.7 Å². The van der Waals surface area contributed by atoms with Crippen LogP contribution in [-0.2, 0) is 9.59 Å². The molecule has 1 aliphatic heterocycles. The van der Waals surface area contributed by atoms with Crippen molar-refractivity contribution in [2.24, 2.45) is 5.92 Å². The molecule has 1 aromatic carbocycles. The van der Waals surface area contributed by atoms with Crippen LogP contribution in [0.4, 0.5) is 10.1 Å². The van der Waals surface area contributed by atoms with Gasteiger partial charge in [0.05, 0.1) is 12.0 Å². The van der Waals surface area contributed by atoms with Gasteiger partial charge in [-0.1, -0.05) is 19.9 Å². The Bertz CT molecular complexity index is 575. The van der Waals surface area contributed by atoms with Gasteiger partial charge in [0, 0.05) is 18.7 Å². The van der Waals surface area contributed by atoms with Crippen molar-refractivity contribution in [3.63, 3.8) is 0 Å². The Balaban J connectivity index is 2.06. The van der Waals surface area contributed by atoms with Crippen LogP contribution in [0.2, 0.25) is 0 Å². The molecule has 1 aliphatic rings. The third-order valence-corrected chi connectivity index (χ3v) is 3.63. The first-order chi connectivity index (χ1) is 10.4. The van der Waals surface area contributed by atoms with E-state index in [1.54, 1.807) is 0 Å². The average molecular weight is 308 g/mol. The van der Waals surface area contributed by atoms with Crippen LogP contribution in [0.3, 0.4) is 0 Å². The topological polar surface area (TPSA) is 78.4 Å². The number of aliphatic hydroxyl groups is 1. The maximum absolute atomic E-state index is 13.2. The third-order valence-electron chi connectivity index (χ3n) is 3.63. The van der Waals surface area contributed by atoms with Gasteiger partial charge in [0.25, 0.3) is 0 Å². The Kier molecular flexibility index (Phi) is 5.13. The van der Waals surface area contributed by atoms with Gasteiger partial charge in [-0.25, -0.2) is 4.39 Å². The molecule has 1 aromatic rings. The molecular formula is C16H21FN2O3. The highest BCUT2D eigenvalue weighted by molar-refractivity contribution is 6.01. The summed E-state index contributed by atoms with van der Waals surface area (Å²) in [5, 5.41) is 15.0. The van der Waals surface area contributed by atoms with Crippen molar-refractivity contribution in [2.75, 3.05) is 11.9 Å². The summed E-state index contributed by atoms with van der Waals surface area (Å²) in [4.78, 5) is 24.0. The maximum Gasteiger partial charge on any atom is 0.228 e. The molecule has 6 heteroatoms. The number of fused-ring (bicyclic) bond motifs is 1. The number of anilines is 1. The summed E-state index contributed by atoms with van der Waals surface area (Å²) in [5.41, 5.74) is 0.927. The van der Waals surface area contributed by atoms with E-state index < -0.39 is 17.8 Å². The highest BCUT2D eigenvalue weighted by atomic mass is 19.1. The second-order valence-electron chi connectivity index (χ2n) is 6.06. The predicted molar refractivity (Wildman–Crippen MR) is 80.9 cm³/mol. The summed E-state index contributed by atoms with van der Waals surface area (Å²) in [6, 6.07) is 3.99. The number of halogens is 1. The van der Waals surface area contributed by atoms with Gasteiger partial charge in [0.15, 0.2) is 0 Å². The maximum atomic E-state index is 13.2. The fourth-order valence-electron chi connectivity index (χ4n) is 2.64. The van der Waals surface area contributed by atoms with Crippen LogP contribution in [0.1, 0.15) is 38.2 Å². The van der Waals surface area contributed by atoms with Crippen molar-refractivity contribution in [1.29, 1.82) is 0 Å². The highest BCUT2D eigenvalue weighted by Gasteiger charge is 2.31. The lowest BCUT2D eigenvalue weighted by Gasteiger charge is -2.25. The molecule has 2 unspecified atom stereocenters. The van der Waals surface area contributed by atoms with Crippen LogP contribution in [0.15, 0.2) is 18.2 Å². The summed E-state index contributed by atoms with van der Waals surface area (Å²) in [5.74, 6) is -1.44. The standard InChI is InChI=1S/C16H21FN2O3/c1-9(2)5-11(20)8-18-16(22)13-7-15(21)19-14-6-10(17)3-4-12(13)14/h3-4,6,9,11,13,20H,5,7-8H2,1-2H3,(H,18,22)(H,19,21). The van der Waals surface area contributed by atoms with E-state index >= 15 is 0 Å². The first-order valence-electron chi connectivity index (χ1n) is 7.42. The zero-order valence-corrected chi connectivity index (χ0v) is 12.7. The number of rotatable bonds is 5. The van der Waals surface area contributed by atoms with E-state index in [1.165, 1.54) is 18.2 Å². The van der Waals surface area contributed by atoms with E-state index in [0.717, 1.165) is 0 Å². The molecule has 5 nitrogen and oxygen atoms in total. The lowest BCUT2D eigenvalue weighted by molar-refractivity contribution is -0.126. The highest BCUT2D eigenvalue weighted by Crippen LogP contribution is 2.32. The molecule has 1 heterocycles. The van der Waals surface area contributed by atoms with Crippen LogP contribution >= 0.6 is 0 Å². The van der Waals surface area contributed by atoms with Crippen molar-refractivity contribution in [2.45, 2.75) is 38.7 Å². The van der Waals surface area contributed by atoms with Crippen molar-refractivity contribution >= 4 is 17.5 Å². The molecule has 0 aromatic heterocycles. The van der Waals surface area contributed by atoms with Crippen LogP contribution in [0.25, 0.3) is 0 Å². The van der Waals surface area contributed by atoms with E-state index in [1.807, 2.05) is 13.8 Å². The van der Waals surface area contributed by atoms with Crippen LogP contribution in [-0.4, -0.2) is 29.6 Å². The summed E-state index contributed by atoms with van der Waals surface area (Å²) in [7, 11) is 0. The first kappa shape index (κ1) is 16.4. The first-order valence-corrected chi connectivity index (χ1v) is 7.42. The van der Waals surface area contributed by atoms with Crippen LogP contribution < -0.4 is 10.6 Å². The second kappa shape index (κ2) is 6.87. The largest absolute Gasteiger partial charge is 0.391 e. The van der Waals surface area contributed by atoms with Crippen molar-refractivity contribution in [3.05, 3.63) is 29.6 Å².